The fraction of sp³-hybridized carbons (Fsp3) is 0.125. The first-order chi connectivity index (χ1) is 5.79. The molecular weight excluding hydrogens is 154 g/mol. The lowest BCUT2D eigenvalue weighted by molar-refractivity contribution is -0.118. The van der Waals surface area contributed by atoms with Crippen LogP contribution in [0, 0.1) is 0 Å². The second-order valence-electron chi connectivity index (χ2n) is 2.21. The van der Waals surface area contributed by atoms with E-state index < -0.39 is 0 Å². The Kier molecular flexibility index (Phi) is 2.95. The monoisotopic (exact) mass is 163 g/mol. The predicted octanol–water partition coefficient (Wildman–Crippen LogP) is 0.552. The van der Waals surface area contributed by atoms with Crippen LogP contribution in [-0.4, -0.2) is 17.1 Å². The van der Waals surface area contributed by atoms with Gasteiger partial charge in [-0.15, -0.1) is 0 Å². The fourth-order valence-corrected chi connectivity index (χ4v) is 0.647. The topological polar surface area (TPSA) is 54.4 Å². The van der Waals surface area contributed by atoms with Gasteiger partial charge in [0.1, 0.15) is 0 Å². The van der Waals surface area contributed by atoms with Crippen LogP contribution < -0.4 is 5.43 Å². The summed E-state index contributed by atoms with van der Waals surface area (Å²) in [6.45, 7) is 1.41. The number of hydrogen-bond donors (Lipinski definition) is 1. The Morgan fingerprint density at radius 3 is 2.83 bits per heavy atom. The average Bonchev–Trinajstić information content (AvgIpc) is 2.05. The second kappa shape index (κ2) is 4.23. The van der Waals surface area contributed by atoms with E-state index in [2.05, 4.69) is 15.5 Å². The van der Waals surface area contributed by atoms with Gasteiger partial charge in [0, 0.05) is 19.3 Å². The number of nitrogens with one attached hydrogen (secondary N) is 1. The largest absolute Gasteiger partial charge is 0.274 e. The lowest BCUT2D eigenvalue weighted by atomic mass is 10.3. The van der Waals surface area contributed by atoms with Crippen molar-refractivity contribution in [2.75, 3.05) is 0 Å². The molecule has 1 aromatic rings. The molecule has 0 fully saturated rings. The van der Waals surface area contributed by atoms with E-state index in [1.54, 1.807) is 30.7 Å². The molecule has 0 aliphatic rings. The zero-order valence-electron chi connectivity index (χ0n) is 6.69. The molecule has 1 amide bonds. The Hall–Kier alpha value is -1.71. The van der Waals surface area contributed by atoms with E-state index in [1.165, 1.54) is 6.92 Å². The molecule has 0 aromatic carbocycles. The standard InChI is InChI=1S/C8H9N3O/c1-7(12)11-10-6-8-2-4-9-5-3-8/h2-6H,1H3,(H,11,12)/b10-6-. The number of nitrogens with zero attached hydrogens (tertiary/aromatic N) is 2. The van der Waals surface area contributed by atoms with Gasteiger partial charge in [0.25, 0.3) is 0 Å². The number of amides is 1. The molecule has 0 saturated heterocycles. The van der Waals surface area contributed by atoms with Crippen molar-refractivity contribution in [3.05, 3.63) is 30.1 Å². The molecule has 0 radical (unpaired) electrons. The van der Waals surface area contributed by atoms with E-state index in [1.807, 2.05) is 0 Å². The first-order valence-corrected chi connectivity index (χ1v) is 3.49. The number of carbonyl (C=O) groups is 1. The van der Waals surface area contributed by atoms with Crippen LogP contribution >= 0.6 is 0 Å². The van der Waals surface area contributed by atoms with Crippen molar-refractivity contribution in [2.45, 2.75) is 6.92 Å². The quantitative estimate of drug-likeness (QED) is 0.511. The molecule has 1 rings (SSSR count). The predicted molar refractivity (Wildman–Crippen MR) is 45.6 cm³/mol. The van der Waals surface area contributed by atoms with Crippen molar-refractivity contribution in [3.63, 3.8) is 0 Å². The SMILES string of the molecule is CC(=O)N/N=C\c1ccncc1. The number of hydrazone groups is 1. The maximum Gasteiger partial charge on any atom is 0.236 e. The molecule has 0 atom stereocenters. The van der Waals surface area contributed by atoms with E-state index in [-0.39, 0.29) is 5.91 Å². The molecule has 0 saturated carbocycles. The summed E-state index contributed by atoms with van der Waals surface area (Å²) in [5.41, 5.74) is 3.21. The van der Waals surface area contributed by atoms with Crippen molar-refractivity contribution >= 4 is 12.1 Å². The maximum absolute atomic E-state index is 10.4. The number of pyridine rings is 1. The molecule has 4 nitrogen and oxygen atoms in total. The minimum absolute atomic E-state index is 0.180. The minimum atomic E-state index is -0.180. The highest BCUT2D eigenvalue weighted by Gasteiger charge is 1.85. The third-order valence-electron chi connectivity index (χ3n) is 1.14. The molecule has 0 aliphatic carbocycles. The summed E-state index contributed by atoms with van der Waals surface area (Å²) < 4.78 is 0. The summed E-state index contributed by atoms with van der Waals surface area (Å²) in [5.74, 6) is -0.180. The third-order valence-corrected chi connectivity index (χ3v) is 1.14. The van der Waals surface area contributed by atoms with Crippen LogP contribution in [-0.2, 0) is 4.79 Å². The Labute approximate surface area is 70.3 Å². The Balaban J connectivity index is 2.52. The molecule has 0 aliphatic heterocycles. The van der Waals surface area contributed by atoms with Gasteiger partial charge >= 0.3 is 0 Å². The van der Waals surface area contributed by atoms with Gasteiger partial charge in [-0.2, -0.15) is 5.10 Å². The molecule has 0 unspecified atom stereocenters. The zero-order chi connectivity index (χ0) is 8.81. The number of carbonyl (C=O) groups excluding carboxylic acids is 1. The van der Waals surface area contributed by atoms with Gasteiger partial charge in [-0.3, -0.25) is 9.78 Å². The molecule has 0 bridgehead atoms. The lowest BCUT2D eigenvalue weighted by Crippen LogP contribution is -2.12. The van der Waals surface area contributed by atoms with Crippen LogP contribution in [0.4, 0.5) is 0 Å². The molecule has 12 heavy (non-hydrogen) atoms. The Morgan fingerprint density at radius 2 is 2.25 bits per heavy atom. The van der Waals surface area contributed by atoms with E-state index in [4.69, 9.17) is 0 Å². The second-order valence-corrected chi connectivity index (χ2v) is 2.21. The summed E-state index contributed by atoms with van der Waals surface area (Å²) in [7, 11) is 0. The van der Waals surface area contributed by atoms with Crippen LogP contribution in [0.5, 0.6) is 0 Å². The molecular formula is C8H9N3O. The number of aromatic nitrogens is 1. The molecule has 1 N–H and O–H groups in total. The summed E-state index contributed by atoms with van der Waals surface area (Å²) in [5, 5.41) is 3.69. The Bertz CT molecular complexity index is 282. The van der Waals surface area contributed by atoms with Gasteiger partial charge in [0.15, 0.2) is 0 Å². The van der Waals surface area contributed by atoms with E-state index in [0.717, 1.165) is 5.56 Å². The first-order valence-electron chi connectivity index (χ1n) is 3.49. The molecule has 1 heterocycles. The van der Waals surface area contributed by atoms with Crippen molar-refractivity contribution in [3.8, 4) is 0 Å². The maximum atomic E-state index is 10.4. The first kappa shape index (κ1) is 8.39. The van der Waals surface area contributed by atoms with Crippen LogP contribution in [0.3, 0.4) is 0 Å². The van der Waals surface area contributed by atoms with Crippen molar-refractivity contribution in [2.24, 2.45) is 5.10 Å². The Morgan fingerprint density at radius 1 is 1.58 bits per heavy atom. The van der Waals surface area contributed by atoms with Crippen molar-refractivity contribution in [1.29, 1.82) is 0 Å². The highest BCUT2D eigenvalue weighted by Crippen LogP contribution is 1.89. The molecule has 4 heteroatoms. The van der Waals surface area contributed by atoms with Crippen LogP contribution in [0.1, 0.15) is 12.5 Å². The summed E-state index contributed by atoms with van der Waals surface area (Å²) in [6, 6.07) is 3.59. The smallest absolute Gasteiger partial charge is 0.236 e. The van der Waals surface area contributed by atoms with Gasteiger partial charge in [0.2, 0.25) is 5.91 Å². The highest BCUT2D eigenvalue weighted by molar-refractivity contribution is 5.81. The van der Waals surface area contributed by atoms with E-state index >= 15 is 0 Å². The van der Waals surface area contributed by atoms with Gasteiger partial charge in [-0.1, -0.05) is 0 Å². The van der Waals surface area contributed by atoms with Crippen LogP contribution in [0.2, 0.25) is 0 Å². The molecule has 1 aromatic heterocycles. The van der Waals surface area contributed by atoms with Crippen LogP contribution in [0.15, 0.2) is 29.6 Å². The van der Waals surface area contributed by atoms with Crippen molar-refractivity contribution in [1.82, 2.24) is 10.4 Å². The van der Waals surface area contributed by atoms with Gasteiger partial charge in [-0.05, 0) is 17.7 Å². The summed E-state index contributed by atoms with van der Waals surface area (Å²) in [6.07, 6.45) is 4.88. The number of rotatable bonds is 2. The van der Waals surface area contributed by atoms with E-state index in [0.29, 0.717) is 0 Å². The van der Waals surface area contributed by atoms with Gasteiger partial charge in [-0.25, -0.2) is 5.43 Å². The molecule has 62 valence electrons. The average molecular weight is 163 g/mol. The van der Waals surface area contributed by atoms with Gasteiger partial charge < -0.3 is 0 Å². The zero-order valence-corrected chi connectivity index (χ0v) is 6.69. The van der Waals surface area contributed by atoms with Gasteiger partial charge in [0.05, 0.1) is 6.21 Å². The summed E-state index contributed by atoms with van der Waals surface area (Å²) >= 11 is 0. The fourth-order valence-electron chi connectivity index (χ4n) is 0.647. The van der Waals surface area contributed by atoms with E-state index in [9.17, 15) is 4.79 Å². The highest BCUT2D eigenvalue weighted by atomic mass is 16.2. The number of hydrogen-bond acceptors (Lipinski definition) is 3. The lowest BCUT2D eigenvalue weighted by Gasteiger charge is -1.91. The van der Waals surface area contributed by atoms with Crippen LogP contribution in [0.25, 0.3) is 0 Å². The normalized spacial score (nSPS) is 10.1. The van der Waals surface area contributed by atoms with Crippen molar-refractivity contribution < 1.29 is 4.79 Å². The third kappa shape index (κ3) is 2.92. The minimum Gasteiger partial charge on any atom is -0.274 e. The molecule has 0 spiro atoms. The summed E-state index contributed by atoms with van der Waals surface area (Å²) in [4.78, 5) is 14.2.